The molecule has 0 bridgehead atoms. The van der Waals surface area contributed by atoms with E-state index in [4.69, 9.17) is 5.73 Å². The van der Waals surface area contributed by atoms with E-state index in [9.17, 15) is 0 Å². The maximum absolute atomic E-state index is 5.57. The lowest BCUT2D eigenvalue weighted by molar-refractivity contribution is 0.428. The summed E-state index contributed by atoms with van der Waals surface area (Å²) in [6.45, 7) is 9.33. The summed E-state index contributed by atoms with van der Waals surface area (Å²) in [7, 11) is 0. The topological polar surface area (TPSA) is 53.8 Å². The van der Waals surface area contributed by atoms with Crippen LogP contribution >= 0.6 is 0 Å². The molecule has 0 aliphatic heterocycles. The predicted molar refractivity (Wildman–Crippen MR) is 64.9 cm³/mol. The number of rotatable bonds is 6. The van der Waals surface area contributed by atoms with Crippen molar-refractivity contribution in [3.05, 3.63) is 24.0 Å². The van der Waals surface area contributed by atoms with Crippen molar-refractivity contribution in [2.24, 2.45) is 11.7 Å². The Bertz CT molecular complexity index is 264. The monoisotopic (exact) mass is 209 g/mol. The first-order valence-corrected chi connectivity index (χ1v) is 5.61. The molecule has 1 rings (SSSR count). The molecule has 0 aromatic carbocycles. The molecule has 0 fully saturated rings. The quantitative estimate of drug-likeness (QED) is 0.664. The Balaban J connectivity index is 2.37. The van der Waals surface area contributed by atoms with Gasteiger partial charge in [0.05, 0.1) is 0 Å². The fourth-order valence-electron chi connectivity index (χ4n) is 1.56. The molecular formula is C12H23N3. The van der Waals surface area contributed by atoms with E-state index in [0.717, 1.165) is 19.6 Å². The van der Waals surface area contributed by atoms with E-state index in [1.165, 1.54) is 5.69 Å². The first kappa shape index (κ1) is 12.3. The fourth-order valence-corrected chi connectivity index (χ4v) is 1.56. The Morgan fingerprint density at radius 3 is 2.80 bits per heavy atom. The van der Waals surface area contributed by atoms with Gasteiger partial charge in [0.25, 0.3) is 0 Å². The molecule has 3 heteroatoms. The molecule has 86 valence electrons. The maximum atomic E-state index is 5.57. The van der Waals surface area contributed by atoms with E-state index < -0.39 is 0 Å². The smallest absolute Gasteiger partial charge is 0.0217 e. The minimum absolute atomic E-state index is 0.151. The predicted octanol–water partition coefficient (Wildman–Crippen LogP) is 1.48. The average molecular weight is 209 g/mol. The van der Waals surface area contributed by atoms with Gasteiger partial charge >= 0.3 is 0 Å². The van der Waals surface area contributed by atoms with Gasteiger partial charge in [-0.1, -0.05) is 20.8 Å². The van der Waals surface area contributed by atoms with E-state index in [1.807, 2.05) is 12.3 Å². The minimum atomic E-state index is 0.151. The second kappa shape index (κ2) is 5.33. The molecule has 0 saturated heterocycles. The van der Waals surface area contributed by atoms with Crippen molar-refractivity contribution in [2.45, 2.75) is 26.2 Å². The molecule has 0 aliphatic rings. The maximum Gasteiger partial charge on any atom is 0.0217 e. The van der Waals surface area contributed by atoms with Crippen molar-refractivity contribution in [3.8, 4) is 0 Å². The molecule has 0 amide bonds. The third kappa shape index (κ3) is 3.68. The second-order valence-corrected chi connectivity index (χ2v) is 4.94. The zero-order valence-electron chi connectivity index (χ0n) is 10.0. The summed E-state index contributed by atoms with van der Waals surface area (Å²) in [6.07, 6.45) is 1.97. The van der Waals surface area contributed by atoms with Gasteiger partial charge in [-0.05, 0) is 31.1 Å². The molecule has 15 heavy (non-hydrogen) atoms. The Morgan fingerprint density at radius 1 is 1.53 bits per heavy atom. The fraction of sp³-hybridized carbons (Fsp3) is 0.667. The molecule has 1 heterocycles. The minimum Gasteiger partial charge on any atom is -0.365 e. The Hall–Kier alpha value is -0.800. The summed E-state index contributed by atoms with van der Waals surface area (Å²) in [5, 5.41) is 3.46. The van der Waals surface area contributed by atoms with Gasteiger partial charge in [0.15, 0.2) is 0 Å². The molecule has 0 spiro atoms. The van der Waals surface area contributed by atoms with Gasteiger partial charge < -0.3 is 16.0 Å². The second-order valence-electron chi connectivity index (χ2n) is 4.94. The van der Waals surface area contributed by atoms with E-state index in [-0.39, 0.29) is 5.41 Å². The van der Waals surface area contributed by atoms with Crippen molar-refractivity contribution in [1.82, 2.24) is 10.3 Å². The van der Waals surface area contributed by atoms with Crippen molar-refractivity contribution >= 4 is 0 Å². The van der Waals surface area contributed by atoms with Crippen LogP contribution in [0.2, 0.25) is 0 Å². The molecule has 1 aromatic heterocycles. The van der Waals surface area contributed by atoms with E-state index in [2.05, 4.69) is 37.1 Å². The van der Waals surface area contributed by atoms with E-state index >= 15 is 0 Å². The molecule has 1 atom stereocenters. The largest absolute Gasteiger partial charge is 0.365 e. The third-order valence-corrected chi connectivity index (χ3v) is 2.79. The van der Waals surface area contributed by atoms with Crippen molar-refractivity contribution in [1.29, 1.82) is 0 Å². The Labute approximate surface area is 92.4 Å². The van der Waals surface area contributed by atoms with Crippen molar-refractivity contribution in [3.63, 3.8) is 0 Å². The zero-order valence-corrected chi connectivity index (χ0v) is 10.0. The van der Waals surface area contributed by atoms with E-state index in [0.29, 0.717) is 5.92 Å². The molecule has 1 unspecified atom stereocenters. The highest BCUT2D eigenvalue weighted by Crippen LogP contribution is 2.19. The van der Waals surface area contributed by atoms with Gasteiger partial charge in [0.2, 0.25) is 0 Å². The van der Waals surface area contributed by atoms with Crippen molar-refractivity contribution < 1.29 is 0 Å². The lowest BCUT2D eigenvalue weighted by Crippen LogP contribution is -2.36. The van der Waals surface area contributed by atoms with Crippen LogP contribution in [0.25, 0.3) is 0 Å². The number of hydrogen-bond acceptors (Lipinski definition) is 2. The highest BCUT2D eigenvalue weighted by molar-refractivity contribution is 5.15. The van der Waals surface area contributed by atoms with Gasteiger partial charge in [-0.2, -0.15) is 0 Å². The number of nitrogens with one attached hydrogen (secondary N) is 2. The third-order valence-electron chi connectivity index (χ3n) is 2.79. The van der Waals surface area contributed by atoms with Crippen LogP contribution in [0.15, 0.2) is 18.3 Å². The van der Waals surface area contributed by atoms with Crippen molar-refractivity contribution in [2.75, 3.05) is 19.6 Å². The number of H-pyrrole nitrogens is 1. The van der Waals surface area contributed by atoms with Gasteiger partial charge in [-0.3, -0.25) is 0 Å². The number of aromatic amines is 1. The molecule has 0 radical (unpaired) electrons. The first-order valence-electron chi connectivity index (χ1n) is 5.61. The number of hydrogen-bond donors (Lipinski definition) is 3. The first-order chi connectivity index (χ1) is 7.06. The van der Waals surface area contributed by atoms with Crippen LogP contribution < -0.4 is 11.1 Å². The normalized spacial score (nSPS) is 14.1. The van der Waals surface area contributed by atoms with Gasteiger partial charge in [-0.15, -0.1) is 0 Å². The van der Waals surface area contributed by atoms with Gasteiger partial charge in [-0.25, -0.2) is 0 Å². The standard InChI is InChI=1S/C12H23N3/c1-10(7-13)8-14-9-12(2,3)11-5-4-6-15-11/h4-6,10,14-15H,7-9,13H2,1-3H3. The Morgan fingerprint density at radius 2 is 2.27 bits per heavy atom. The summed E-state index contributed by atoms with van der Waals surface area (Å²) in [5.74, 6) is 0.546. The molecule has 4 N–H and O–H groups in total. The number of nitrogens with two attached hydrogens (primary N) is 1. The van der Waals surface area contributed by atoms with Crippen LogP contribution in [0.3, 0.4) is 0 Å². The highest BCUT2D eigenvalue weighted by Gasteiger charge is 2.20. The average Bonchev–Trinajstić information content (AvgIpc) is 2.70. The lowest BCUT2D eigenvalue weighted by Gasteiger charge is -2.25. The molecule has 3 nitrogen and oxygen atoms in total. The SMILES string of the molecule is CC(CN)CNCC(C)(C)c1ccc[nH]1. The molecule has 0 saturated carbocycles. The van der Waals surface area contributed by atoms with Gasteiger partial charge in [0.1, 0.15) is 0 Å². The van der Waals surface area contributed by atoms with Gasteiger partial charge in [0, 0.05) is 23.9 Å². The Kier molecular flexibility index (Phi) is 4.36. The zero-order chi connectivity index (χ0) is 11.3. The van der Waals surface area contributed by atoms with Crippen LogP contribution in [0.1, 0.15) is 26.5 Å². The summed E-state index contributed by atoms with van der Waals surface area (Å²) in [6, 6.07) is 4.17. The van der Waals surface area contributed by atoms with Crippen LogP contribution in [0.4, 0.5) is 0 Å². The summed E-state index contributed by atoms with van der Waals surface area (Å²) < 4.78 is 0. The number of aromatic nitrogens is 1. The molecule has 0 aliphatic carbocycles. The summed E-state index contributed by atoms with van der Waals surface area (Å²) in [4.78, 5) is 3.26. The van der Waals surface area contributed by atoms with Crippen LogP contribution in [0.5, 0.6) is 0 Å². The molecule has 1 aromatic rings. The summed E-state index contributed by atoms with van der Waals surface area (Å²) in [5.41, 5.74) is 6.99. The molecular weight excluding hydrogens is 186 g/mol. The summed E-state index contributed by atoms with van der Waals surface area (Å²) >= 11 is 0. The van der Waals surface area contributed by atoms with Crippen LogP contribution in [-0.4, -0.2) is 24.6 Å². The highest BCUT2D eigenvalue weighted by atomic mass is 14.9. The van der Waals surface area contributed by atoms with E-state index in [1.54, 1.807) is 0 Å². The van der Waals surface area contributed by atoms with Crippen LogP contribution in [-0.2, 0) is 5.41 Å². The lowest BCUT2D eigenvalue weighted by atomic mass is 9.89. The van der Waals surface area contributed by atoms with Crippen LogP contribution in [0, 0.1) is 5.92 Å².